The molecule has 6 nitrogen and oxygen atoms in total. The highest BCUT2D eigenvalue weighted by molar-refractivity contribution is 5.84. The van der Waals surface area contributed by atoms with Crippen molar-refractivity contribution < 1.29 is 9.72 Å². The highest BCUT2D eigenvalue weighted by Gasteiger charge is 2.19. The Morgan fingerprint density at radius 1 is 1.44 bits per heavy atom. The summed E-state index contributed by atoms with van der Waals surface area (Å²) in [4.78, 5) is 20.6. The molecule has 0 spiro atoms. The molecule has 0 N–H and O–H groups in total. The maximum Gasteiger partial charge on any atom is 0.287 e. The van der Waals surface area contributed by atoms with Gasteiger partial charge in [0.05, 0.1) is 17.4 Å². The minimum atomic E-state index is -0.734. The number of benzene rings is 1. The van der Waals surface area contributed by atoms with E-state index in [1.54, 1.807) is 6.07 Å². The fourth-order valence-electron chi connectivity index (χ4n) is 1.29. The Morgan fingerprint density at radius 2 is 2.12 bits per heavy atom. The first kappa shape index (κ1) is 11.3. The summed E-state index contributed by atoms with van der Waals surface area (Å²) in [7, 11) is 0. The van der Waals surface area contributed by atoms with Crippen LogP contribution in [0.5, 0.6) is 0 Å². The Kier molecular flexibility index (Phi) is 3.31. The average molecular weight is 215 g/mol. The van der Waals surface area contributed by atoms with E-state index in [9.17, 15) is 14.9 Å². The molecule has 1 rings (SSSR count). The number of hydrogen-bond acceptors (Lipinski definition) is 5. The predicted molar refractivity (Wildman–Crippen MR) is 52.5 cm³/mol. The van der Waals surface area contributed by atoms with E-state index < -0.39 is 10.6 Å². The second-order valence-corrected chi connectivity index (χ2v) is 2.85. The molecule has 0 aliphatic heterocycles. The van der Waals surface area contributed by atoms with Crippen LogP contribution in [0.25, 0.3) is 0 Å². The third-order valence-corrected chi connectivity index (χ3v) is 2.01. The van der Waals surface area contributed by atoms with Gasteiger partial charge < -0.3 is 0 Å². The van der Waals surface area contributed by atoms with Gasteiger partial charge in [0.1, 0.15) is 11.6 Å². The lowest BCUT2D eigenvalue weighted by molar-refractivity contribution is -0.385. The van der Waals surface area contributed by atoms with Crippen LogP contribution in [-0.2, 0) is 6.42 Å². The summed E-state index contributed by atoms with van der Waals surface area (Å²) in [6.45, 7) is 0. The van der Waals surface area contributed by atoms with Crippen LogP contribution in [0.2, 0.25) is 0 Å². The lowest BCUT2D eigenvalue weighted by Crippen LogP contribution is -2.01. The molecule has 0 saturated heterocycles. The minimum Gasteiger partial charge on any atom is -0.298 e. The molecule has 0 aliphatic carbocycles. The van der Waals surface area contributed by atoms with E-state index >= 15 is 0 Å². The Labute approximate surface area is 90.5 Å². The van der Waals surface area contributed by atoms with Gasteiger partial charge in [-0.25, -0.2) is 0 Å². The van der Waals surface area contributed by atoms with Gasteiger partial charge in [-0.15, -0.1) is 0 Å². The van der Waals surface area contributed by atoms with Crippen LogP contribution < -0.4 is 0 Å². The number of hydrogen-bond donors (Lipinski definition) is 0. The van der Waals surface area contributed by atoms with Gasteiger partial charge in [-0.05, 0) is 5.56 Å². The number of carbonyl (C=O) groups excluding carboxylic acids is 1. The monoisotopic (exact) mass is 215 g/mol. The van der Waals surface area contributed by atoms with Crippen LogP contribution in [0.4, 0.5) is 5.69 Å². The molecule has 16 heavy (non-hydrogen) atoms. The summed E-state index contributed by atoms with van der Waals surface area (Å²) < 4.78 is 0. The molecule has 0 aromatic heterocycles. The van der Waals surface area contributed by atoms with Crippen molar-refractivity contribution in [1.82, 2.24) is 0 Å². The molecule has 0 unspecified atom stereocenters. The largest absolute Gasteiger partial charge is 0.298 e. The fourth-order valence-corrected chi connectivity index (χ4v) is 1.29. The quantitative estimate of drug-likeness (QED) is 0.429. The number of nitro benzene ring substituents is 1. The minimum absolute atomic E-state index is 0.0687. The zero-order valence-electron chi connectivity index (χ0n) is 8.01. The first-order valence-electron chi connectivity index (χ1n) is 4.18. The van der Waals surface area contributed by atoms with Crippen molar-refractivity contribution in [3.05, 3.63) is 38.9 Å². The molecule has 6 heteroatoms. The van der Waals surface area contributed by atoms with Crippen molar-refractivity contribution in [2.24, 2.45) is 0 Å². The van der Waals surface area contributed by atoms with Gasteiger partial charge in [-0.2, -0.15) is 10.5 Å². The standard InChI is InChI=1S/C10H5N3O3/c11-4-3-7-1-2-10(13(15)16)8(5-12)9(7)6-14/h1-2,6H,3H2. The summed E-state index contributed by atoms with van der Waals surface area (Å²) >= 11 is 0. The summed E-state index contributed by atoms with van der Waals surface area (Å²) in [6.07, 6.45) is 0.291. The summed E-state index contributed by atoms with van der Waals surface area (Å²) in [5, 5.41) is 27.9. The molecule has 1 aromatic carbocycles. The molecule has 0 radical (unpaired) electrons. The van der Waals surface area contributed by atoms with Crippen LogP contribution in [0.3, 0.4) is 0 Å². The average Bonchev–Trinajstić information content (AvgIpc) is 2.28. The summed E-state index contributed by atoms with van der Waals surface area (Å²) in [5.41, 5.74) is -0.489. The second kappa shape index (κ2) is 4.67. The van der Waals surface area contributed by atoms with Gasteiger partial charge in [-0.1, -0.05) is 6.07 Å². The fraction of sp³-hybridized carbons (Fsp3) is 0.100. The lowest BCUT2D eigenvalue weighted by atomic mass is 9.99. The number of rotatable bonds is 3. The van der Waals surface area contributed by atoms with Gasteiger partial charge in [0.15, 0.2) is 6.29 Å². The Bertz CT molecular complexity index is 537. The van der Waals surface area contributed by atoms with E-state index in [1.165, 1.54) is 6.07 Å². The SMILES string of the molecule is N#CCc1ccc([N+](=O)[O-])c(C#N)c1C=O. The summed E-state index contributed by atoms with van der Waals surface area (Å²) in [5.74, 6) is 0. The molecular formula is C10H5N3O3. The molecular weight excluding hydrogens is 210 g/mol. The normalized spacial score (nSPS) is 8.88. The van der Waals surface area contributed by atoms with Crippen LogP contribution >= 0.6 is 0 Å². The molecule has 0 amide bonds. The number of nitriles is 2. The highest BCUT2D eigenvalue weighted by Crippen LogP contribution is 2.23. The highest BCUT2D eigenvalue weighted by atomic mass is 16.6. The predicted octanol–water partition coefficient (Wildman–Crippen LogP) is 1.35. The Hall–Kier alpha value is -2.73. The molecule has 0 fully saturated rings. The van der Waals surface area contributed by atoms with E-state index in [2.05, 4.69) is 0 Å². The van der Waals surface area contributed by atoms with Crippen molar-refractivity contribution >= 4 is 12.0 Å². The van der Waals surface area contributed by atoms with Crippen molar-refractivity contribution in [2.45, 2.75) is 6.42 Å². The molecule has 0 heterocycles. The van der Waals surface area contributed by atoms with Crippen LogP contribution in [-0.4, -0.2) is 11.2 Å². The van der Waals surface area contributed by atoms with Crippen molar-refractivity contribution in [2.75, 3.05) is 0 Å². The van der Waals surface area contributed by atoms with E-state index in [0.29, 0.717) is 11.8 Å². The first-order chi connectivity index (χ1) is 7.65. The van der Waals surface area contributed by atoms with Gasteiger partial charge in [0, 0.05) is 11.6 Å². The lowest BCUT2D eigenvalue weighted by Gasteiger charge is -2.02. The second-order valence-electron chi connectivity index (χ2n) is 2.85. The van der Waals surface area contributed by atoms with Crippen molar-refractivity contribution in [3.8, 4) is 12.1 Å². The number of aldehydes is 1. The molecule has 0 bridgehead atoms. The van der Waals surface area contributed by atoms with Gasteiger partial charge >= 0.3 is 0 Å². The zero-order chi connectivity index (χ0) is 12.1. The number of nitrogens with zero attached hydrogens (tertiary/aromatic N) is 3. The van der Waals surface area contributed by atoms with E-state index in [4.69, 9.17) is 10.5 Å². The molecule has 1 aromatic rings. The molecule has 78 valence electrons. The Morgan fingerprint density at radius 3 is 2.56 bits per heavy atom. The summed E-state index contributed by atoms with van der Waals surface area (Å²) in [6, 6.07) is 5.87. The van der Waals surface area contributed by atoms with Gasteiger partial charge in [0.25, 0.3) is 5.69 Å². The maximum absolute atomic E-state index is 10.8. The maximum atomic E-state index is 10.8. The van der Waals surface area contributed by atoms with E-state index in [1.807, 2.05) is 6.07 Å². The first-order valence-corrected chi connectivity index (χ1v) is 4.18. The van der Waals surface area contributed by atoms with Gasteiger partial charge in [0.2, 0.25) is 0 Å². The smallest absolute Gasteiger partial charge is 0.287 e. The molecule has 0 aliphatic rings. The van der Waals surface area contributed by atoms with Crippen molar-refractivity contribution in [3.63, 3.8) is 0 Å². The Balaban J connectivity index is 3.55. The third-order valence-electron chi connectivity index (χ3n) is 2.01. The number of nitro groups is 1. The zero-order valence-corrected chi connectivity index (χ0v) is 8.01. The topological polar surface area (TPSA) is 108 Å². The third kappa shape index (κ3) is 1.86. The van der Waals surface area contributed by atoms with Gasteiger partial charge in [-0.3, -0.25) is 14.9 Å². The molecule has 0 atom stereocenters. The van der Waals surface area contributed by atoms with Crippen molar-refractivity contribution in [1.29, 1.82) is 10.5 Å². The molecule has 0 saturated carbocycles. The van der Waals surface area contributed by atoms with E-state index in [0.717, 1.165) is 6.07 Å². The van der Waals surface area contributed by atoms with Crippen LogP contribution in [0.1, 0.15) is 21.5 Å². The number of carbonyl (C=O) groups is 1. The van der Waals surface area contributed by atoms with Crippen LogP contribution in [0, 0.1) is 32.8 Å². The van der Waals surface area contributed by atoms with E-state index in [-0.39, 0.29) is 17.5 Å². The van der Waals surface area contributed by atoms with Crippen LogP contribution in [0.15, 0.2) is 12.1 Å².